The normalized spacial score (nSPS) is 17.2. The van der Waals surface area contributed by atoms with E-state index in [1.54, 1.807) is 0 Å². The summed E-state index contributed by atoms with van der Waals surface area (Å²) in [4.78, 5) is 15.0. The topological polar surface area (TPSA) is 29.4 Å². The Morgan fingerprint density at radius 1 is 1.40 bits per heavy atom. The Bertz CT molecular complexity index is 207. The highest BCUT2D eigenvalue weighted by atomic mass is 16.1. The SMILES string of the molecule is CCC1=C(CC)C(=O)C=N1. The number of allylic oxidation sites excluding steroid dienone is 2. The van der Waals surface area contributed by atoms with E-state index in [1.165, 1.54) is 6.21 Å². The lowest BCUT2D eigenvalue weighted by atomic mass is 10.1. The standard InChI is InChI=1S/C8H11NO/c1-3-6-7(4-2)9-5-8(6)10/h5H,3-4H2,1-2H3. The van der Waals surface area contributed by atoms with E-state index < -0.39 is 0 Å². The molecule has 0 fully saturated rings. The van der Waals surface area contributed by atoms with E-state index in [4.69, 9.17) is 0 Å². The molecule has 0 spiro atoms. The van der Waals surface area contributed by atoms with E-state index in [0.29, 0.717) is 0 Å². The third-order valence-corrected chi connectivity index (χ3v) is 1.67. The Morgan fingerprint density at radius 3 is 2.50 bits per heavy atom. The van der Waals surface area contributed by atoms with Gasteiger partial charge in [0.1, 0.15) is 0 Å². The van der Waals surface area contributed by atoms with Crippen molar-refractivity contribution in [2.75, 3.05) is 0 Å². The molecule has 2 heteroatoms. The average molecular weight is 137 g/mol. The van der Waals surface area contributed by atoms with Crippen LogP contribution in [-0.2, 0) is 4.79 Å². The molecule has 2 nitrogen and oxygen atoms in total. The zero-order valence-corrected chi connectivity index (χ0v) is 6.35. The fraction of sp³-hybridized carbons (Fsp3) is 0.500. The maximum Gasteiger partial charge on any atom is 0.201 e. The van der Waals surface area contributed by atoms with Crippen molar-refractivity contribution < 1.29 is 4.79 Å². The van der Waals surface area contributed by atoms with Crippen LogP contribution in [0.2, 0.25) is 0 Å². The van der Waals surface area contributed by atoms with Crippen LogP contribution < -0.4 is 0 Å². The Kier molecular flexibility index (Phi) is 2.00. The first-order chi connectivity index (χ1) is 4.79. The van der Waals surface area contributed by atoms with Crippen molar-refractivity contribution >= 4 is 12.0 Å². The summed E-state index contributed by atoms with van der Waals surface area (Å²) >= 11 is 0. The minimum Gasteiger partial charge on any atom is -0.288 e. The van der Waals surface area contributed by atoms with Gasteiger partial charge in [-0.15, -0.1) is 0 Å². The number of carbonyl (C=O) groups is 1. The Balaban J connectivity index is 2.90. The number of hydrogen-bond donors (Lipinski definition) is 0. The van der Waals surface area contributed by atoms with Crippen LogP contribution in [-0.4, -0.2) is 12.0 Å². The monoisotopic (exact) mass is 137 g/mol. The van der Waals surface area contributed by atoms with Crippen molar-refractivity contribution in [2.24, 2.45) is 4.99 Å². The summed E-state index contributed by atoms with van der Waals surface area (Å²) in [5, 5.41) is 0. The first-order valence-corrected chi connectivity index (χ1v) is 3.60. The third kappa shape index (κ3) is 1.01. The van der Waals surface area contributed by atoms with Crippen LogP contribution in [0.25, 0.3) is 0 Å². The number of ketones is 1. The van der Waals surface area contributed by atoms with Crippen molar-refractivity contribution in [3.8, 4) is 0 Å². The molecular formula is C8H11NO. The van der Waals surface area contributed by atoms with Crippen molar-refractivity contribution in [3.63, 3.8) is 0 Å². The van der Waals surface area contributed by atoms with Gasteiger partial charge < -0.3 is 0 Å². The maximum absolute atomic E-state index is 11.0. The highest BCUT2D eigenvalue weighted by Crippen LogP contribution is 2.18. The molecule has 1 rings (SSSR count). The van der Waals surface area contributed by atoms with Gasteiger partial charge in [0.2, 0.25) is 5.78 Å². The largest absolute Gasteiger partial charge is 0.288 e. The number of Topliss-reactive ketones (excluding diaryl/α,β-unsaturated/α-hetero) is 1. The number of rotatable bonds is 2. The molecule has 0 N–H and O–H groups in total. The van der Waals surface area contributed by atoms with Gasteiger partial charge in [-0.3, -0.25) is 9.79 Å². The highest BCUT2D eigenvalue weighted by Gasteiger charge is 2.14. The highest BCUT2D eigenvalue weighted by molar-refractivity contribution is 6.37. The predicted octanol–water partition coefficient (Wildman–Crippen LogP) is 1.71. The molecule has 0 saturated carbocycles. The number of nitrogens with zero attached hydrogens (tertiary/aromatic N) is 1. The fourth-order valence-corrected chi connectivity index (χ4v) is 1.12. The molecular weight excluding hydrogens is 126 g/mol. The van der Waals surface area contributed by atoms with Crippen LogP contribution in [0.1, 0.15) is 26.7 Å². The van der Waals surface area contributed by atoms with E-state index in [9.17, 15) is 4.79 Å². The van der Waals surface area contributed by atoms with Gasteiger partial charge in [-0.1, -0.05) is 13.8 Å². The fourth-order valence-electron chi connectivity index (χ4n) is 1.12. The Labute approximate surface area is 60.7 Å². The second kappa shape index (κ2) is 2.78. The van der Waals surface area contributed by atoms with Crippen LogP contribution in [0.4, 0.5) is 0 Å². The molecule has 1 heterocycles. The smallest absolute Gasteiger partial charge is 0.201 e. The maximum atomic E-state index is 11.0. The van der Waals surface area contributed by atoms with Gasteiger partial charge in [0, 0.05) is 11.3 Å². The lowest BCUT2D eigenvalue weighted by Crippen LogP contribution is -1.98. The minimum atomic E-state index is 0.0966. The van der Waals surface area contributed by atoms with Crippen molar-refractivity contribution in [1.29, 1.82) is 0 Å². The Morgan fingerprint density at radius 2 is 2.10 bits per heavy atom. The molecule has 0 atom stereocenters. The predicted molar refractivity (Wildman–Crippen MR) is 41.1 cm³/mol. The van der Waals surface area contributed by atoms with Crippen LogP contribution in [0, 0.1) is 0 Å². The summed E-state index contributed by atoms with van der Waals surface area (Å²) in [6, 6.07) is 0. The lowest BCUT2D eigenvalue weighted by Gasteiger charge is -1.95. The molecule has 0 aromatic carbocycles. The van der Waals surface area contributed by atoms with E-state index in [0.717, 1.165) is 24.1 Å². The van der Waals surface area contributed by atoms with Crippen LogP contribution >= 0.6 is 0 Å². The van der Waals surface area contributed by atoms with Gasteiger partial charge in [-0.05, 0) is 12.8 Å². The summed E-state index contributed by atoms with van der Waals surface area (Å²) < 4.78 is 0. The molecule has 0 amide bonds. The lowest BCUT2D eigenvalue weighted by molar-refractivity contribution is -0.109. The second-order valence-corrected chi connectivity index (χ2v) is 2.25. The minimum absolute atomic E-state index is 0.0966. The molecule has 1 aliphatic heterocycles. The quantitative estimate of drug-likeness (QED) is 0.569. The summed E-state index contributed by atoms with van der Waals surface area (Å²) in [7, 11) is 0. The number of hydrogen-bond acceptors (Lipinski definition) is 2. The number of carbonyl (C=O) groups excluding carboxylic acids is 1. The summed E-state index contributed by atoms with van der Waals surface area (Å²) in [6.45, 7) is 4.00. The van der Waals surface area contributed by atoms with Gasteiger partial charge in [-0.25, -0.2) is 0 Å². The molecule has 0 radical (unpaired) electrons. The summed E-state index contributed by atoms with van der Waals surface area (Å²) in [5.74, 6) is 0.0966. The second-order valence-electron chi connectivity index (χ2n) is 2.25. The molecule has 0 saturated heterocycles. The van der Waals surface area contributed by atoms with Crippen LogP contribution in [0.5, 0.6) is 0 Å². The molecule has 1 aliphatic rings. The first-order valence-electron chi connectivity index (χ1n) is 3.60. The van der Waals surface area contributed by atoms with Gasteiger partial charge in [-0.2, -0.15) is 0 Å². The molecule has 0 aromatic heterocycles. The van der Waals surface area contributed by atoms with E-state index in [-0.39, 0.29) is 5.78 Å². The van der Waals surface area contributed by atoms with Gasteiger partial charge in [0.25, 0.3) is 0 Å². The van der Waals surface area contributed by atoms with E-state index >= 15 is 0 Å². The number of aliphatic imine (C=N–C) groups is 1. The van der Waals surface area contributed by atoms with Crippen LogP contribution in [0.15, 0.2) is 16.3 Å². The average Bonchev–Trinajstić information content (AvgIpc) is 2.30. The molecule has 0 aliphatic carbocycles. The zero-order chi connectivity index (χ0) is 7.56. The van der Waals surface area contributed by atoms with Crippen molar-refractivity contribution in [2.45, 2.75) is 26.7 Å². The van der Waals surface area contributed by atoms with Gasteiger partial charge in [0.15, 0.2) is 0 Å². The molecule has 54 valence electrons. The molecule has 0 aromatic rings. The van der Waals surface area contributed by atoms with E-state index in [1.807, 2.05) is 13.8 Å². The summed E-state index contributed by atoms with van der Waals surface area (Å²) in [5.41, 5.74) is 1.86. The van der Waals surface area contributed by atoms with Crippen molar-refractivity contribution in [1.82, 2.24) is 0 Å². The van der Waals surface area contributed by atoms with Gasteiger partial charge >= 0.3 is 0 Å². The third-order valence-electron chi connectivity index (χ3n) is 1.67. The summed E-state index contributed by atoms with van der Waals surface area (Å²) in [6.07, 6.45) is 3.09. The van der Waals surface area contributed by atoms with Crippen molar-refractivity contribution in [3.05, 3.63) is 11.3 Å². The molecule has 0 unspecified atom stereocenters. The van der Waals surface area contributed by atoms with Gasteiger partial charge in [0.05, 0.1) is 6.21 Å². The molecule has 0 bridgehead atoms. The zero-order valence-electron chi connectivity index (χ0n) is 6.35. The Hall–Kier alpha value is -0.920. The molecule has 10 heavy (non-hydrogen) atoms. The van der Waals surface area contributed by atoms with Crippen LogP contribution in [0.3, 0.4) is 0 Å². The van der Waals surface area contributed by atoms with E-state index in [2.05, 4.69) is 4.99 Å². The first kappa shape index (κ1) is 7.19.